The minimum absolute atomic E-state index is 0.317. The highest BCUT2D eigenvalue weighted by Crippen LogP contribution is 2.11. The summed E-state index contributed by atoms with van der Waals surface area (Å²) >= 11 is 0. The first-order valence-corrected chi connectivity index (χ1v) is 8.13. The van der Waals surface area contributed by atoms with Crippen LogP contribution in [0.2, 0.25) is 0 Å². The van der Waals surface area contributed by atoms with Crippen molar-refractivity contribution in [3.63, 3.8) is 0 Å². The van der Waals surface area contributed by atoms with Crippen LogP contribution in [-0.4, -0.2) is 19.7 Å². The predicted molar refractivity (Wildman–Crippen MR) is 81.5 cm³/mol. The fraction of sp³-hybridized carbons (Fsp3) is 0.938. The minimum atomic E-state index is -0.317. The van der Waals surface area contributed by atoms with Crippen molar-refractivity contribution in [1.29, 1.82) is 0 Å². The van der Waals surface area contributed by atoms with E-state index in [-0.39, 0.29) is 6.09 Å². The topological polar surface area (TPSA) is 38.3 Å². The van der Waals surface area contributed by atoms with Crippen LogP contribution < -0.4 is 5.32 Å². The quantitative estimate of drug-likeness (QED) is 0.476. The van der Waals surface area contributed by atoms with Crippen molar-refractivity contribution in [3.05, 3.63) is 0 Å². The van der Waals surface area contributed by atoms with Gasteiger partial charge in [0.1, 0.15) is 0 Å². The number of methoxy groups -OCH3 is 1. The lowest BCUT2D eigenvalue weighted by molar-refractivity contribution is 0.171. The molecule has 0 unspecified atom stereocenters. The number of alkyl carbamates (subject to hydrolysis) is 1. The number of carbonyl (C=O) groups is 1. The van der Waals surface area contributed by atoms with Gasteiger partial charge in [0.2, 0.25) is 0 Å². The van der Waals surface area contributed by atoms with Gasteiger partial charge in [0.05, 0.1) is 7.11 Å². The molecule has 0 aromatic rings. The standard InChI is InChI=1S/C16H33NO2/c1-3-4-5-6-7-8-9-10-11-12-13-14-15-17-16(18)19-2/h3-15H2,1-2H3,(H,17,18). The van der Waals surface area contributed by atoms with E-state index in [9.17, 15) is 4.79 Å². The van der Waals surface area contributed by atoms with Gasteiger partial charge in [-0.05, 0) is 6.42 Å². The fourth-order valence-electron chi connectivity index (χ4n) is 2.23. The number of amides is 1. The third kappa shape index (κ3) is 15.2. The van der Waals surface area contributed by atoms with Crippen molar-refractivity contribution in [1.82, 2.24) is 5.32 Å². The number of hydrogen-bond acceptors (Lipinski definition) is 2. The Balaban J connectivity index is 2.97. The second-order valence-corrected chi connectivity index (χ2v) is 5.31. The van der Waals surface area contributed by atoms with Gasteiger partial charge < -0.3 is 10.1 Å². The van der Waals surface area contributed by atoms with E-state index in [2.05, 4.69) is 17.0 Å². The van der Waals surface area contributed by atoms with Crippen LogP contribution in [0.1, 0.15) is 84.0 Å². The van der Waals surface area contributed by atoms with Crippen molar-refractivity contribution in [2.24, 2.45) is 0 Å². The number of rotatable bonds is 13. The zero-order chi connectivity index (χ0) is 14.2. The summed E-state index contributed by atoms with van der Waals surface area (Å²) in [6.07, 6.45) is 15.8. The van der Waals surface area contributed by atoms with Crippen LogP contribution in [0, 0.1) is 0 Å². The summed E-state index contributed by atoms with van der Waals surface area (Å²) in [5.74, 6) is 0. The lowest BCUT2D eigenvalue weighted by Gasteiger charge is -2.04. The Hall–Kier alpha value is -0.730. The summed E-state index contributed by atoms with van der Waals surface area (Å²) < 4.78 is 4.51. The second kappa shape index (κ2) is 15.3. The van der Waals surface area contributed by atoms with E-state index in [0.717, 1.165) is 13.0 Å². The number of nitrogens with one attached hydrogen (secondary N) is 1. The molecule has 0 rings (SSSR count). The van der Waals surface area contributed by atoms with Crippen molar-refractivity contribution in [2.45, 2.75) is 84.0 Å². The van der Waals surface area contributed by atoms with Gasteiger partial charge >= 0.3 is 6.09 Å². The molecule has 0 aliphatic heterocycles. The Morgan fingerprint density at radius 2 is 1.21 bits per heavy atom. The third-order valence-corrected chi connectivity index (χ3v) is 3.49. The van der Waals surface area contributed by atoms with Crippen molar-refractivity contribution < 1.29 is 9.53 Å². The molecule has 1 amide bonds. The van der Waals surface area contributed by atoms with Crippen molar-refractivity contribution >= 4 is 6.09 Å². The van der Waals surface area contributed by atoms with Gasteiger partial charge in [0.25, 0.3) is 0 Å². The summed E-state index contributed by atoms with van der Waals surface area (Å²) in [5, 5.41) is 2.71. The Bertz CT molecular complexity index is 195. The number of carbonyl (C=O) groups excluding carboxylic acids is 1. The van der Waals surface area contributed by atoms with E-state index in [4.69, 9.17) is 0 Å². The van der Waals surface area contributed by atoms with E-state index in [0.29, 0.717) is 0 Å². The lowest BCUT2D eigenvalue weighted by Crippen LogP contribution is -2.23. The zero-order valence-electron chi connectivity index (χ0n) is 13.0. The molecular weight excluding hydrogens is 238 g/mol. The number of hydrogen-bond donors (Lipinski definition) is 1. The molecule has 0 bridgehead atoms. The van der Waals surface area contributed by atoms with E-state index in [1.54, 1.807) is 0 Å². The van der Waals surface area contributed by atoms with E-state index < -0.39 is 0 Å². The highest BCUT2D eigenvalue weighted by molar-refractivity contribution is 5.66. The molecule has 114 valence electrons. The molecular formula is C16H33NO2. The smallest absolute Gasteiger partial charge is 0.406 e. The van der Waals surface area contributed by atoms with Gasteiger partial charge in [-0.25, -0.2) is 4.79 Å². The molecule has 1 N–H and O–H groups in total. The molecule has 0 saturated carbocycles. The minimum Gasteiger partial charge on any atom is -0.453 e. The van der Waals surface area contributed by atoms with E-state index >= 15 is 0 Å². The molecule has 0 aromatic heterocycles. The molecule has 3 nitrogen and oxygen atoms in total. The largest absolute Gasteiger partial charge is 0.453 e. The highest BCUT2D eigenvalue weighted by Gasteiger charge is 1.96. The van der Waals surface area contributed by atoms with Crippen LogP contribution in [0.5, 0.6) is 0 Å². The molecule has 0 atom stereocenters. The molecule has 0 radical (unpaired) electrons. The maximum Gasteiger partial charge on any atom is 0.406 e. The molecule has 0 fully saturated rings. The van der Waals surface area contributed by atoms with Gasteiger partial charge in [-0.15, -0.1) is 0 Å². The number of unbranched alkanes of at least 4 members (excludes halogenated alkanes) is 11. The van der Waals surface area contributed by atoms with Crippen molar-refractivity contribution in [2.75, 3.05) is 13.7 Å². The Kier molecular flexibility index (Phi) is 14.7. The average molecular weight is 271 g/mol. The molecule has 0 aliphatic carbocycles. The number of ether oxygens (including phenoxy) is 1. The van der Waals surface area contributed by atoms with Crippen LogP contribution in [0.4, 0.5) is 4.79 Å². The molecule has 0 saturated heterocycles. The predicted octanol–water partition coefficient (Wildman–Crippen LogP) is 5.04. The molecule has 0 spiro atoms. The maximum absolute atomic E-state index is 10.8. The van der Waals surface area contributed by atoms with Gasteiger partial charge in [0.15, 0.2) is 0 Å². The molecule has 0 aromatic carbocycles. The second-order valence-electron chi connectivity index (χ2n) is 5.31. The van der Waals surface area contributed by atoms with Gasteiger partial charge in [0, 0.05) is 6.54 Å². The van der Waals surface area contributed by atoms with E-state index in [1.807, 2.05) is 0 Å². The SMILES string of the molecule is CCCCCCCCCCCCCCNC(=O)OC. The van der Waals surface area contributed by atoms with Crippen LogP contribution >= 0.6 is 0 Å². The summed E-state index contributed by atoms with van der Waals surface area (Å²) in [7, 11) is 1.40. The fourth-order valence-corrected chi connectivity index (χ4v) is 2.23. The average Bonchev–Trinajstić information content (AvgIpc) is 2.43. The van der Waals surface area contributed by atoms with Gasteiger partial charge in [-0.1, -0.05) is 77.6 Å². The first kappa shape index (κ1) is 18.3. The molecule has 3 heteroatoms. The Morgan fingerprint density at radius 1 is 0.789 bits per heavy atom. The molecule has 19 heavy (non-hydrogen) atoms. The third-order valence-electron chi connectivity index (χ3n) is 3.49. The lowest BCUT2D eigenvalue weighted by atomic mass is 10.1. The highest BCUT2D eigenvalue weighted by atomic mass is 16.5. The molecule has 0 aliphatic rings. The van der Waals surface area contributed by atoms with Gasteiger partial charge in [-0.3, -0.25) is 0 Å². The summed E-state index contributed by atoms with van der Waals surface area (Å²) in [5.41, 5.74) is 0. The van der Waals surface area contributed by atoms with Gasteiger partial charge in [-0.2, -0.15) is 0 Å². The summed E-state index contributed by atoms with van der Waals surface area (Å²) in [4.78, 5) is 10.8. The van der Waals surface area contributed by atoms with Crippen molar-refractivity contribution in [3.8, 4) is 0 Å². The Morgan fingerprint density at radius 3 is 1.63 bits per heavy atom. The zero-order valence-corrected chi connectivity index (χ0v) is 13.0. The summed E-state index contributed by atoms with van der Waals surface area (Å²) in [6.45, 7) is 3.00. The van der Waals surface area contributed by atoms with E-state index in [1.165, 1.54) is 77.7 Å². The first-order valence-electron chi connectivity index (χ1n) is 8.13. The van der Waals surface area contributed by atoms with Crippen LogP contribution in [0.15, 0.2) is 0 Å². The summed E-state index contributed by atoms with van der Waals surface area (Å²) in [6, 6.07) is 0. The van der Waals surface area contributed by atoms with Crippen LogP contribution in [0.25, 0.3) is 0 Å². The Labute approximate surface area is 119 Å². The maximum atomic E-state index is 10.8. The monoisotopic (exact) mass is 271 g/mol. The normalized spacial score (nSPS) is 10.4. The molecule has 0 heterocycles. The first-order chi connectivity index (χ1) is 9.31. The van der Waals surface area contributed by atoms with Crippen LogP contribution in [-0.2, 0) is 4.74 Å². The van der Waals surface area contributed by atoms with Crippen LogP contribution in [0.3, 0.4) is 0 Å².